The van der Waals surface area contributed by atoms with E-state index >= 15 is 0 Å². The van der Waals surface area contributed by atoms with Crippen LogP contribution in [0.15, 0.2) is 30.7 Å². The molecule has 1 aromatic carbocycles. The number of halogens is 3. The third-order valence-electron chi connectivity index (χ3n) is 4.33. The highest BCUT2D eigenvalue weighted by Gasteiger charge is 2.31. The van der Waals surface area contributed by atoms with Crippen LogP contribution in [0.1, 0.15) is 11.1 Å². The van der Waals surface area contributed by atoms with Crippen LogP contribution in [-0.4, -0.2) is 45.8 Å². The second kappa shape index (κ2) is 7.61. The van der Waals surface area contributed by atoms with Crippen molar-refractivity contribution in [1.82, 2.24) is 19.4 Å². The summed E-state index contributed by atoms with van der Waals surface area (Å²) in [6.45, 7) is 3.48. The van der Waals surface area contributed by atoms with Crippen molar-refractivity contribution in [3.63, 3.8) is 0 Å². The minimum atomic E-state index is -4.75. The van der Waals surface area contributed by atoms with Crippen molar-refractivity contribution < 1.29 is 22.7 Å². The number of hydrogen-bond acceptors (Lipinski definition) is 5. The summed E-state index contributed by atoms with van der Waals surface area (Å²) in [7, 11) is 3.35. The number of nitrogens with zero attached hydrogens (tertiary/aromatic N) is 4. The molecule has 2 heterocycles. The molecule has 1 N–H and O–H groups in total. The van der Waals surface area contributed by atoms with E-state index in [0.717, 1.165) is 0 Å². The predicted molar refractivity (Wildman–Crippen MR) is 102 cm³/mol. The normalized spacial score (nSPS) is 11.6. The maximum absolute atomic E-state index is 12.5. The molecule has 7 nitrogen and oxygen atoms in total. The summed E-state index contributed by atoms with van der Waals surface area (Å²) in [6, 6.07) is 4.35. The summed E-state index contributed by atoms with van der Waals surface area (Å²) in [6.07, 6.45) is -1.62. The molecular formula is C19H20F3N5O2. The minimum Gasteiger partial charge on any atom is -0.406 e. The molecular weight excluding hydrogens is 387 g/mol. The number of pyridine rings is 1. The lowest BCUT2D eigenvalue weighted by atomic mass is 10.1. The largest absolute Gasteiger partial charge is 0.573 e. The Balaban J connectivity index is 1.93. The molecule has 2 aromatic heterocycles. The number of alkyl halides is 3. The summed E-state index contributed by atoms with van der Waals surface area (Å²) in [5.74, 6) is 0.0764. The van der Waals surface area contributed by atoms with Gasteiger partial charge in [0.2, 0.25) is 5.91 Å². The van der Waals surface area contributed by atoms with Crippen LogP contribution in [0.5, 0.6) is 5.75 Å². The molecule has 0 unspecified atom stereocenters. The Hall–Kier alpha value is -3.30. The number of fused-ring (bicyclic) bond motifs is 1. The third-order valence-corrected chi connectivity index (χ3v) is 4.33. The smallest absolute Gasteiger partial charge is 0.406 e. The van der Waals surface area contributed by atoms with Crippen LogP contribution in [0, 0.1) is 13.8 Å². The number of benzene rings is 1. The van der Waals surface area contributed by atoms with Crippen molar-refractivity contribution in [2.75, 3.05) is 19.4 Å². The van der Waals surface area contributed by atoms with Crippen molar-refractivity contribution in [3.8, 4) is 5.75 Å². The Labute approximate surface area is 165 Å². The van der Waals surface area contributed by atoms with E-state index in [0.29, 0.717) is 33.7 Å². The molecule has 0 saturated heterocycles. The third kappa shape index (κ3) is 4.58. The molecule has 0 atom stereocenters. The van der Waals surface area contributed by atoms with Gasteiger partial charge in [-0.15, -0.1) is 13.2 Å². The van der Waals surface area contributed by atoms with E-state index in [4.69, 9.17) is 0 Å². The Morgan fingerprint density at radius 1 is 1.21 bits per heavy atom. The first-order valence-electron chi connectivity index (χ1n) is 8.69. The number of ether oxygens (including phenoxy) is 1. The Morgan fingerprint density at radius 3 is 2.45 bits per heavy atom. The highest BCUT2D eigenvalue weighted by molar-refractivity contribution is 5.89. The minimum absolute atomic E-state index is 0.0810. The number of aromatic nitrogens is 3. The number of carbonyl (C=O) groups excluding carboxylic acids is 1. The van der Waals surface area contributed by atoms with E-state index in [-0.39, 0.29) is 18.2 Å². The van der Waals surface area contributed by atoms with Gasteiger partial charge in [-0.3, -0.25) is 4.79 Å². The molecule has 0 fully saturated rings. The van der Waals surface area contributed by atoms with Crippen molar-refractivity contribution in [2.24, 2.45) is 0 Å². The highest BCUT2D eigenvalue weighted by Crippen LogP contribution is 2.32. The molecule has 0 spiro atoms. The molecule has 3 aromatic rings. The van der Waals surface area contributed by atoms with Gasteiger partial charge in [0.15, 0.2) is 5.82 Å². The lowest BCUT2D eigenvalue weighted by Gasteiger charge is -2.16. The number of nitrogens with one attached hydrogen (secondary N) is 1. The zero-order valence-electron chi connectivity index (χ0n) is 16.3. The maximum atomic E-state index is 12.5. The van der Waals surface area contributed by atoms with Gasteiger partial charge in [0, 0.05) is 26.0 Å². The van der Waals surface area contributed by atoms with Crippen LogP contribution in [0.25, 0.3) is 11.0 Å². The Kier molecular flexibility index (Phi) is 5.36. The van der Waals surface area contributed by atoms with Crippen LogP contribution in [0.3, 0.4) is 0 Å². The molecule has 0 saturated carbocycles. The van der Waals surface area contributed by atoms with Gasteiger partial charge in [0.05, 0.1) is 11.8 Å². The van der Waals surface area contributed by atoms with Gasteiger partial charge in [-0.25, -0.2) is 9.97 Å². The summed E-state index contributed by atoms with van der Waals surface area (Å²) in [5.41, 5.74) is 2.99. The van der Waals surface area contributed by atoms with Crippen molar-refractivity contribution in [1.29, 1.82) is 0 Å². The number of imidazole rings is 1. The lowest BCUT2D eigenvalue weighted by Crippen LogP contribution is -2.25. The standard InChI is InChI=1S/C19H20F3N5O2/c1-11-7-13(29-19(20,21)22)8-12(2)16(11)25-18-17-14(5-6-23-18)27(10-24-17)9-15(28)26(3)4/h5-8,10H,9H2,1-4H3,(H,23,25). The SMILES string of the molecule is Cc1cc(OC(F)(F)F)cc(C)c1Nc1nccc2c1ncn2CC(=O)N(C)C. The molecule has 0 aliphatic carbocycles. The van der Waals surface area contributed by atoms with Gasteiger partial charge >= 0.3 is 6.36 Å². The number of amides is 1. The quantitative estimate of drug-likeness (QED) is 0.697. The summed E-state index contributed by atoms with van der Waals surface area (Å²) < 4.78 is 43.2. The fraction of sp³-hybridized carbons (Fsp3) is 0.316. The number of anilines is 2. The molecule has 10 heteroatoms. The lowest BCUT2D eigenvalue weighted by molar-refractivity contribution is -0.274. The molecule has 3 rings (SSSR count). The summed E-state index contributed by atoms with van der Waals surface area (Å²) >= 11 is 0. The first-order valence-corrected chi connectivity index (χ1v) is 8.69. The molecule has 1 amide bonds. The average molecular weight is 407 g/mol. The van der Waals surface area contributed by atoms with Gasteiger partial charge < -0.3 is 19.5 Å². The van der Waals surface area contributed by atoms with E-state index < -0.39 is 6.36 Å². The van der Waals surface area contributed by atoms with E-state index in [1.165, 1.54) is 17.0 Å². The summed E-state index contributed by atoms with van der Waals surface area (Å²) in [4.78, 5) is 22.1. The van der Waals surface area contributed by atoms with E-state index in [9.17, 15) is 18.0 Å². The Morgan fingerprint density at radius 2 is 1.86 bits per heavy atom. The highest BCUT2D eigenvalue weighted by atomic mass is 19.4. The molecule has 29 heavy (non-hydrogen) atoms. The maximum Gasteiger partial charge on any atom is 0.573 e. The summed E-state index contributed by atoms with van der Waals surface area (Å²) in [5, 5.41) is 3.14. The average Bonchev–Trinajstić information content (AvgIpc) is 3.00. The predicted octanol–water partition coefficient (Wildman–Crippen LogP) is 3.78. The van der Waals surface area contributed by atoms with Crippen molar-refractivity contribution >= 4 is 28.4 Å². The Bertz CT molecular complexity index is 1040. The first kappa shape index (κ1) is 20.4. The van der Waals surface area contributed by atoms with Crippen LogP contribution in [0.2, 0.25) is 0 Å². The van der Waals surface area contributed by atoms with Crippen LogP contribution in [-0.2, 0) is 11.3 Å². The molecule has 154 valence electrons. The number of carbonyl (C=O) groups is 1. The van der Waals surface area contributed by atoms with Crippen molar-refractivity contribution in [3.05, 3.63) is 41.9 Å². The van der Waals surface area contributed by atoms with Crippen LogP contribution >= 0.6 is 0 Å². The van der Waals surface area contributed by atoms with Gasteiger partial charge in [0.1, 0.15) is 17.8 Å². The van der Waals surface area contributed by atoms with E-state index in [2.05, 4.69) is 20.0 Å². The second-order valence-corrected chi connectivity index (χ2v) is 6.79. The molecule has 0 aliphatic rings. The molecule has 0 aliphatic heterocycles. The van der Waals surface area contributed by atoms with E-state index in [1.54, 1.807) is 51.1 Å². The van der Waals surface area contributed by atoms with Crippen molar-refractivity contribution in [2.45, 2.75) is 26.8 Å². The zero-order chi connectivity index (χ0) is 21.3. The zero-order valence-corrected chi connectivity index (χ0v) is 16.3. The molecule has 0 radical (unpaired) electrons. The van der Waals surface area contributed by atoms with Gasteiger partial charge in [-0.2, -0.15) is 0 Å². The van der Waals surface area contributed by atoms with E-state index in [1.807, 2.05) is 0 Å². The first-order chi connectivity index (χ1) is 13.5. The number of likely N-dealkylation sites (N-methyl/N-ethyl adjacent to an activating group) is 1. The van der Waals surface area contributed by atoms with Gasteiger partial charge in [-0.05, 0) is 43.2 Å². The fourth-order valence-electron chi connectivity index (χ4n) is 2.93. The second-order valence-electron chi connectivity index (χ2n) is 6.79. The van der Waals surface area contributed by atoms with Crippen LogP contribution in [0.4, 0.5) is 24.7 Å². The van der Waals surface area contributed by atoms with Crippen LogP contribution < -0.4 is 10.1 Å². The van der Waals surface area contributed by atoms with Gasteiger partial charge in [0.25, 0.3) is 0 Å². The fourth-order valence-corrected chi connectivity index (χ4v) is 2.93. The monoisotopic (exact) mass is 407 g/mol. The topological polar surface area (TPSA) is 72.3 Å². The molecule has 0 bridgehead atoms. The number of rotatable bonds is 5. The van der Waals surface area contributed by atoms with Gasteiger partial charge in [-0.1, -0.05) is 0 Å². The number of hydrogen-bond donors (Lipinski definition) is 1. The number of aryl methyl sites for hydroxylation is 2.